The number of fused-ring (bicyclic) bond motifs is 2. The Balaban J connectivity index is 1.60. The maximum atomic E-state index is 14.1. The van der Waals surface area contributed by atoms with Crippen molar-refractivity contribution in [2.45, 2.75) is 13.0 Å². The summed E-state index contributed by atoms with van der Waals surface area (Å²) in [6.45, 7) is 1.71. The van der Waals surface area contributed by atoms with Crippen LogP contribution in [0.5, 0.6) is 0 Å². The van der Waals surface area contributed by atoms with Gasteiger partial charge in [-0.1, -0.05) is 57.6 Å². The summed E-state index contributed by atoms with van der Waals surface area (Å²) in [4.78, 5) is 47.6. The number of nitrogens with zero attached hydrogens (tertiary/aromatic N) is 3. The lowest BCUT2D eigenvalue weighted by atomic mass is 9.95. The summed E-state index contributed by atoms with van der Waals surface area (Å²) in [6, 6.07) is 19.2. The molecule has 4 aromatic rings. The molecule has 2 amide bonds. The second kappa shape index (κ2) is 9.55. The number of thiazole rings is 1. The van der Waals surface area contributed by atoms with Gasteiger partial charge in [0.15, 0.2) is 4.80 Å². The Labute approximate surface area is 234 Å². The van der Waals surface area contributed by atoms with Crippen molar-refractivity contribution < 1.29 is 14.0 Å². The van der Waals surface area contributed by atoms with Gasteiger partial charge in [0, 0.05) is 22.8 Å². The number of benzene rings is 3. The van der Waals surface area contributed by atoms with Crippen LogP contribution >= 0.6 is 27.3 Å². The first-order valence-electron chi connectivity index (χ1n) is 12.0. The van der Waals surface area contributed by atoms with E-state index >= 15 is 0 Å². The van der Waals surface area contributed by atoms with Crippen LogP contribution in [0.4, 0.5) is 15.8 Å². The van der Waals surface area contributed by atoms with E-state index in [0.717, 1.165) is 15.8 Å². The standard InChI is InChI=1S/C29H20BrFN4O3S/c1-15-22(26(36)33-19-6-4-3-5-7-19)24(16-8-11-18(31)12-9-16)35-28(38)25(39-29(35)32-15)23-20-14-17(30)10-13-21(20)34(2)27(23)37/h3-14,24H,1-2H3,(H,33,36)/b25-23-/t24-/m1/s1. The number of carbonyl (C=O) groups is 2. The quantitative estimate of drug-likeness (QED) is 0.383. The summed E-state index contributed by atoms with van der Waals surface area (Å²) in [5.41, 5.74) is 2.97. The second-order valence-electron chi connectivity index (χ2n) is 9.17. The number of hydrogen-bond acceptors (Lipinski definition) is 5. The molecule has 3 aromatic carbocycles. The minimum absolute atomic E-state index is 0.229. The number of aromatic nitrogens is 1. The molecule has 0 unspecified atom stereocenters. The van der Waals surface area contributed by atoms with Crippen molar-refractivity contribution in [1.29, 1.82) is 0 Å². The highest BCUT2D eigenvalue weighted by atomic mass is 79.9. The van der Waals surface area contributed by atoms with Crippen LogP contribution < -0.4 is 25.1 Å². The third kappa shape index (κ3) is 4.16. The zero-order valence-electron chi connectivity index (χ0n) is 20.7. The number of allylic oxidation sites excluding steroid dienone is 1. The van der Waals surface area contributed by atoms with Gasteiger partial charge >= 0.3 is 0 Å². The summed E-state index contributed by atoms with van der Waals surface area (Å²) in [5, 5.41) is 2.88. The van der Waals surface area contributed by atoms with Gasteiger partial charge in [-0.25, -0.2) is 9.38 Å². The third-order valence-corrected chi connectivity index (χ3v) is 8.34. The molecule has 10 heteroatoms. The van der Waals surface area contributed by atoms with Crippen LogP contribution in [-0.4, -0.2) is 23.4 Å². The average molecular weight is 603 g/mol. The minimum atomic E-state index is -0.879. The summed E-state index contributed by atoms with van der Waals surface area (Å²) in [7, 11) is 1.66. The number of nitrogens with one attached hydrogen (secondary N) is 1. The van der Waals surface area contributed by atoms with Crippen molar-refractivity contribution in [3.05, 3.63) is 125 Å². The van der Waals surface area contributed by atoms with Crippen LogP contribution in [0.2, 0.25) is 0 Å². The number of likely N-dealkylation sites (N-methyl/N-ethyl adjacent to an activating group) is 1. The highest BCUT2D eigenvalue weighted by molar-refractivity contribution is 9.10. The van der Waals surface area contributed by atoms with E-state index in [4.69, 9.17) is 0 Å². The molecule has 2 aliphatic heterocycles. The molecule has 6 rings (SSSR count). The number of hydrogen-bond donors (Lipinski definition) is 1. The molecule has 0 fully saturated rings. The zero-order chi connectivity index (χ0) is 27.4. The van der Waals surface area contributed by atoms with Crippen LogP contribution in [-0.2, 0) is 9.59 Å². The minimum Gasteiger partial charge on any atom is -0.322 e. The number of halogens is 2. The first kappa shape index (κ1) is 25.1. The first-order valence-corrected chi connectivity index (χ1v) is 13.6. The van der Waals surface area contributed by atoms with Gasteiger partial charge in [-0.3, -0.25) is 19.0 Å². The van der Waals surface area contributed by atoms with E-state index in [-0.39, 0.29) is 21.6 Å². The van der Waals surface area contributed by atoms with E-state index in [2.05, 4.69) is 26.2 Å². The number of anilines is 2. The Kier molecular flexibility index (Phi) is 6.16. The molecular formula is C29H20BrFN4O3S. The highest BCUT2D eigenvalue weighted by Crippen LogP contribution is 2.36. The molecular weight excluding hydrogens is 583 g/mol. The first-order chi connectivity index (χ1) is 18.7. The van der Waals surface area contributed by atoms with Crippen molar-refractivity contribution in [2.75, 3.05) is 17.3 Å². The Bertz CT molecular complexity index is 1900. The molecule has 0 radical (unpaired) electrons. The fraction of sp³-hybridized carbons (Fsp3) is 0.103. The molecule has 0 saturated carbocycles. The van der Waals surface area contributed by atoms with E-state index in [9.17, 15) is 18.8 Å². The van der Waals surface area contributed by atoms with Gasteiger partial charge in [0.1, 0.15) is 10.3 Å². The van der Waals surface area contributed by atoms with E-state index in [1.807, 2.05) is 24.3 Å². The van der Waals surface area contributed by atoms with Crippen LogP contribution in [0.3, 0.4) is 0 Å². The summed E-state index contributed by atoms with van der Waals surface area (Å²) in [6.07, 6.45) is 0. The van der Waals surface area contributed by atoms with Gasteiger partial charge in [-0.15, -0.1) is 0 Å². The molecule has 1 N–H and O–H groups in total. The van der Waals surface area contributed by atoms with Crippen LogP contribution in [0.1, 0.15) is 24.1 Å². The van der Waals surface area contributed by atoms with Crippen molar-refractivity contribution in [3.63, 3.8) is 0 Å². The molecule has 7 nitrogen and oxygen atoms in total. The summed E-state index contributed by atoms with van der Waals surface area (Å²) < 4.78 is 16.3. The third-order valence-electron chi connectivity index (χ3n) is 6.79. The summed E-state index contributed by atoms with van der Waals surface area (Å²) in [5.74, 6) is -1.17. The van der Waals surface area contributed by atoms with Crippen molar-refractivity contribution >= 4 is 56.0 Å². The average Bonchev–Trinajstić information content (AvgIpc) is 3.36. The lowest BCUT2D eigenvalue weighted by Gasteiger charge is -2.25. The molecule has 194 valence electrons. The fourth-order valence-corrected chi connectivity index (χ4v) is 6.45. The highest BCUT2D eigenvalue weighted by Gasteiger charge is 2.36. The van der Waals surface area contributed by atoms with Gasteiger partial charge in [-0.2, -0.15) is 0 Å². The van der Waals surface area contributed by atoms with E-state index in [0.29, 0.717) is 33.0 Å². The summed E-state index contributed by atoms with van der Waals surface area (Å²) >= 11 is 4.56. The maximum Gasteiger partial charge on any atom is 0.271 e. The Hall–Kier alpha value is -4.15. The molecule has 2 aliphatic rings. The van der Waals surface area contributed by atoms with E-state index in [1.54, 1.807) is 50.4 Å². The van der Waals surface area contributed by atoms with Gasteiger partial charge < -0.3 is 10.2 Å². The number of carbonyl (C=O) groups excluding carboxylic acids is 2. The smallest absolute Gasteiger partial charge is 0.271 e. The molecule has 0 saturated heterocycles. The zero-order valence-corrected chi connectivity index (χ0v) is 23.1. The normalized spacial score (nSPS) is 17.6. The largest absolute Gasteiger partial charge is 0.322 e. The van der Waals surface area contributed by atoms with Crippen molar-refractivity contribution in [3.8, 4) is 0 Å². The monoisotopic (exact) mass is 602 g/mol. The van der Waals surface area contributed by atoms with Crippen LogP contribution in [0.25, 0.3) is 5.57 Å². The topological polar surface area (TPSA) is 83.8 Å². The van der Waals surface area contributed by atoms with Gasteiger partial charge in [0.25, 0.3) is 17.4 Å². The molecule has 0 spiro atoms. The molecule has 1 aromatic heterocycles. The molecule has 0 aliphatic carbocycles. The van der Waals surface area contributed by atoms with E-state index in [1.165, 1.54) is 21.6 Å². The van der Waals surface area contributed by atoms with Crippen molar-refractivity contribution in [1.82, 2.24) is 4.57 Å². The van der Waals surface area contributed by atoms with Crippen LogP contribution in [0.15, 0.2) is 98.3 Å². The predicted molar refractivity (Wildman–Crippen MR) is 152 cm³/mol. The number of amides is 2. The molecule has 0 bridgehead atoms. The SMILES string of the molecule is CC1=C(C(=O)Nc2ccccc2)[C@@H](c2ccc(F)cc2)n2c(s/c(=C3\C(=O)N(C)c4ccc(Br)cc43)c2=O)=N1. The Morgan fingerprint density at radius 1 is 1.05 bits per heavy atom. The predicted octanol–water partition coefficient (Wildman–Crippen LogP) is 4.12. The van der Waals surface area contributed by atoms with Crippen molar-refractivity contribution in [2.24, 2.45) is 4.99 Å². The van der Waals surface area contributed by atoms with Crippen LogP contribution in [0, 0.1) is 5.82 Å². The fourth-order valence-electron chi connectivity index (χ4n) is 4.96. The molecule has 1 atom stereocenters. The number of rotatable bonds is 3. The van der Waals surface area contributed by atoms with Gasteiger partial charge in [0.2, 0.25) is 0 Å². The second-order valence-corrected chi connectivity index (χ2v) is 11.1. The molecule has 39 heavy (non-hydrogen) atoms. The lowest BCUT2D eigenvalue weighted by molar-refractivity contribution is -0.113. The van der Waals surface area contributed by atoms with Gasteiger partial charge in [-0.05, 0) is 55.0 Å². The number of para-hydroxylation sites is 1. The Morgan fingerprint density at radius 3 is 2.49 bits per heavy atom. The maximum absolute atomic E-state index is 14.1. The Morgan fingerprint density at radius 2 is 1.77 bits per heavy atom. The van der Waals surface area contributed by atoms with E-state index < -0.39 is 23.3 Å². The molecule has 3 heterocycles. The lowest BCUT2D eigenvalue weighted by Crippen LogP contribution is -2.41. The van der Waals surface area contributed by atoms with Gasteiger partial charge in [0.05, 0.1) is 28.6 Å².